The number of alkyl halides is 2. The smallest absolute Gasteiger partial charge is 0.377 e. The van der Waals surface area contributed by atoms with Gasteiger partial charge in [-0.05, 0) is 87.9 Å². The molecule has 8 fully saturated rings. The van der Waals surface area contributed by atoms with Crippen molar-refractivity contribution in [2.24, 2.45) is 29.6 Å². The first-order valence-electron chi connectivity index (χ1n) is 13.0. The van der Waals surface area contributed by atoms with Gasteiger partial charge in [-0.2, -0.15) is 8.78 Å². The summed E-state index contributed by atoms with van der Waals surface area (Å²) in [7, 11) is 0. The van der Waals surface area contributed by atoms with Crippen LogP contribution in [-0.2, 0) is 23.8 Å². The normalized spacial score (nSPS) is 50.4. The topological polar surface area (TPSA) is 82.1 Å². The zero-order valence-corrected chi connectivity index (χ0v) is 20.1. The van der Waals surface area contributed by atoms with Gasteiger partial charge in [0.2, 0.25) is 0 Å². The number of aliphatic hydroxyl groups is 1. The van der Waals surface area contributed by atoms with E-state index in [1.165, 1.54) is 6.42 Å². The zero-order valence-electron chi connectivity index (χ0n) is 20.1. The standard InChI is InChI=1S/C26H36F2O6/c1-22(18-4-15-3-16(6-18)7-19(22)5-15)33-20(29)11-32-25-9-17-8-24(31,12-25)13-26(10-17,14-25)34-21(30)23(2,27)28/h15-19,31H,3-14H2,1-2H3. The first kappa shape index (κ1) is 23.1. The molecular weight excluding hydrogens is 446 g/mol. The van der Waals surface area contributed by atoms with Crippen LogP contribution in [0.1, 0.15) is 84.5 Å². The van der Waals surface area contributed by atoms with Crippen molar-refractivity contribution in [3.63, 3.8) is 0 Å². The molecule has 6 nitrogen and oxygen atoms in total. The van der Waals surface area contributed by atoms with Crippen LogP contribution < -0.4 is 0 Å². The van der Waals surface area contributed by atoms with Gasteiger partial charge < -0.3 is 19.3 Å². The lowest BCUT2D eigenvalue weighted by Gasteiger charge is -2.63. The number of hydrogen-bond acceptors (Lipinski definition) is 6. The molecule has 0 spiro atoms. The Morgan fingerprint density at radius 2 is 1.47 bits per heavy atom. The molecule has 0 heterocycles. The molecule has 190 valence electrons. The molecule has 4 atom stereocenters. The highest BCUT2D eigenvalue weighted by Gasteiger charge is 2.66. The molecule has 34 heavy (non-hydrogen) atoms. The maximum atomic E-state index is 13.6. The molecule has 0 amide bonds. The molecule has 4 unspecified atom stereocenters. The SMILES string of the molecule is CC(F)(F)C(=O)OC12CC3CC(O)(CC(OCC(=O)OC4(C)C5CC6CC(C5)CC4C6)(C3)C1)C2. The predicted molar refractivity (Wildman–Crippen MR) is 116 cm³/mol. The van der Waals surface area contributed by atoms with Gasteiger partial charge in [-0.25, -0.2) is 9.59 Å². The van der Waals surface area contributed by atoms with Crippen LogP contribution in [0.15, 0.2) is 0 Å². The highest BCUT2D eigenvalue weighted by Crippen LogP contribution is 2.62. The minimum absolute atomic E-state index is 0.00232. The van der Waals surface area contributed by atoms with Crippen LogP contribution in [0.4, 0.5) is 8.78 Å². The van der Waals surface area contributed by atoms with E-state index in [-0.39, 0.29) is 25.4 Å². The first-order chi connectivity index (χ1) is 15.8. The van der Waals surface area contributed by atoms with Gasteiger partial charge in [0.15, 0.2) is 0 Å². The number of carbonyl (C=O) groups excluding carboxylic acids is 2. The van der Waals surface area contributed by atoms with Gasteiger partial charge in [0, 0.05) is 26.2 Å². The van der Waals surface area contributed by atoms with Gasteiger partial charge in [-0.1, -0.05) is 0 Å². The monoisotopic (exact) mass is 482 g/mol. The van der Waals surface area contributed by atoms with Crippen molar-refractivity contribution in [3.05, 3.63) is 0 Å². The number of halogens is 2. The zero-order chi connectivity index (χ0) is 24.1. The fraction of sp³-hybridized carbons (Fsp3) is 0.923. The molecular formula is C26H36F2O6. The Morgan fingerprint density at radius 1 is 0.882 bits per heavy atom. The van der Waals surface area contributed by atoms with Crippen molar-refractivity contribution in [2.45, 2.75) is 113 Å². The maximum Gasteiger partial charge on any atom is 0.377 e. The Morgan fingerprint density at radius 3 is 2.06 bits per heavy atom. The summed E-state index contributed by atoms with van der Waals surface area (Å²) in [5, 5.41) is 11.2. The minimum atomic E-state index is -3.60. The van der Waals surface area contributed by atoms with Gasteiger partial charge in [0.25, 0.3) is 0 Å². The molecule has 8 saturated carbocycles. The Bertz CT molecular complexity index is 872. The summed E-state index contributed by atoms with van der Waals surface area (Å²) in [6.45, 7) is 2.38. The minimum Gasteiger partial charge on any atom is -0.457 e. The lowest BCUT2D eigenvalue weighted by Crippen LogP contribution is -2.68. The van der Waals surface area contributed by atoms with E-state index in [2.05, 4.69) is 6.92 Å². The average Bonchev–Trinajstić information content (AvgIpc) is 2.67. The third-order valence-electron chi connectivity index (χ3n) is 10.2. The summed E-state index contributed by atoms with van der Waals surface area (Å²) in [6, 6.07) is 0. The van der Waals surface area contributed by atoms with E-state index in [9.17, 15) is 23.5 Å². The van der Waals surface area contributed by atoms with E-state index >= 15 is 0 Å². The predicted octanol–water partition coefficient (Wildman–Crippen LogP) is 4.17. The van der Waals surface area contributed by atoms with Gasteiger partial charge in [-0.15, -0.1) is 0 Å². The van der Waals surface area contributed by atoms with Crippen molar-refractivity contribution < 1.29 is 37.7 Å². The summed E-state index contributed by atoms with van der Waals surface area (Å²) in [4.78, 5) is 25.0. The second-order valence-corrected chi connectivity index (χ2v) is 13.1. The molecule has 0 aromatic heterocycles. The van der Waals surface area contributed by atoms with Gasteiger partial charge in [0.1, 0.15) is 17.8 Å². The van der Waals surface area contributed by atoms with Gasteiger partial charge in [-0.3, -0.25) is 0 Å². The molecule has 0 saturated heterocycles. The van der Waals surface area contributed by atoms with Gasteiger partial charge in [0.05, 0.1) is 11.2 Å². The molecule has 0 aromatic carbocycles. The van der Waals surface area contributed by atoms with E-state index in [0.717, 1.165) is 37.5 Å². The molecule has 0 aliphatic heterocycles. The van der Waals surface area contributed by atoms with E-state index in [0.29, 0.717) is 44.4 Å². The van der Waals surface area contributed by atoms with Crippen LogP contribution in [0.2, 0.25) is 0 Å². The van der Waals surface area contributed by atoms with Crippen molar-refractivity contribution >= 4 is 11.9 Å². The van der Waals surface area contributed by atoms with Crippen molar-refractivity contribution in [3.8, 4) is 0 Å². The van der Waals surface area contributed by atoms with Crippen molar-refractivity contribution in [1.82, 2.24) is 0 Å². The maximum absolute atomic E-state index is 13.6. The van der Waals surface area contributed by atoms with E-state index < -0.39 is 40.3 Å². The van der Waals surface area contributed by atoms with Crippen LogP contribution in [0, 0.1) is 29.6 Å². The largest absolute Gasteiger partial charge is 0.457 e. The molecule has 0 radical (unpaired) electrons. The molecule has 1 N–H and O–H groups in total. The lowest BCUT2D eigenvalue weighted by molar-refractivity contribution is -0.280. The Balaban J connectivity index is 1.14. The summed E-state index contributed by atoms with van der Waals surface area (Å²) < 4.78 is 44.9. The Kier molecular flexibility index (Phi) is 4.86. The van der Waals surface area contributed by atoms with E-state index in [1.54, 1.807) is 0 Å². The Labute approximate surface area is 199 Å². The number of hydrogen-bond donors (Lipinski definition) is 1. The summed E-state index contributed by atoms with van der Waals surface area (Å²) in [6.07, 6.45) is 8.12. The highest BCUT2D eigenvalue weighted by molar-refractivity contribution is 5.77. The Hall–Kier alpha value is -1.28. The molecule has 8 aliphatic carbocycles. The summed E-state index contributed by atoms with van der Waals surface area (Å²) in [5.41, 5.74) is -3.64. The summed E-state index contributed by atoms with van der Waals surface area (Å²) in [5.74, 6) is -3.21. The van der Waals surface area contributed by atoms with E-state index in [1.807, 2.05) is 0 Å². The first-order valence-corrected chi connectivity index (χ1v) is 13.0. The second kappa shape index (κ2) is 7.15. The third-order valence-corrected chi connectivity index (χ3v) is 10.2. The molecule has 8 aliphatic rings. The fourth-order valence-corrected chi connectivity index (χ4v) is 9.55. The number of carbonyl (C=O) groups is 2. The second-order valence-electron chi connectivity index (χ2n) is 13.1. The number of rotatable bonds is 6. The molecule has 0 aromatic rings. The van der Waals surface area contributed by atoms with Gasteiger partial charge >= 0.3 is 17.9 Å². The highest BCUT2D eigenvalue weighted by atomic mass is 19.3. The number of ether oxygens (including phenoxy) is 3. The third kappa shape index (κ3) is 3.69. The van der Waals surface area contributed by atoms with Crippen LogP contribution >= 0.6 is 0 Å². The molecule has 8 bridgehead atoms. The molecule has 8 rings (SSSR count). The van der Waals surface area contributed by atoms with Crippen LogP contribution in [0.25, 0.3) is 0 Å². The van der Waals surface area contributed by atoms with Crippen LogP contribution in [0.5, 0.6) is 0 Å². The average molecular weight is 483 g/mol. The number of esters is 2. The molecule has 8 heteroatoms. The lowest BCUT2D eigenvalue weighted by atomic mass is 9.50. The van der Waals surface area contributed by atoms with Crippen LogP contribution in [0.3, 0.4) is 0 Å². The quantitative estimate of drug-likeness (QED) is 0.573. The van der Waals surface area contributed by atoms with Crippen molar-refractivity contribution in [1.29, 1.82) is 0 Å². The van der Waals surface area contributed by atoms with Crippen LogP contribution in [-0.4, -0.2) is 52.0 Å². The van der Waals surface area contributed by atoms with E-state index in [4.69, 9.17) is 14.2 Å². The van der Waals surface area contributed by atoms with Crippen molar-refractivity contribution in [2.75, 3.05) is 6.61 Å². The fourth-order valence-electron chi connectivity index (χ4n) is 9.55. The summed E-state index contributed by atoms with van der Waals surface area (Å²) >= 11 is 0.